The Labute approximate surface area is 162 Å². The predicted octanol–water partition coefficient (Wildman–Crippen LogP) is 3.50. The molecule has 1 N–H and O–H groups in total. The molecular formula is C20H25NO5S. The van der Waals surface area contributed by atoms with Crippen LogP contribution in [0.4, 0.5) is 5.00 Å². The van der Waals surface area contributed by atoms with Crippen molar-refractivity contribution in [2.45, 2.75) is 45.4 Å². The zero-order valence-corrected chi connectivity index (χ0v) is 16.5. The molecule has 7 heteroatoms. The standard InChI is InChI=1S/C20H25NO5S/c1-12-8-9-14-15(10-12)27-18(17(14)20(24)25-2)21-16(22)11-26-19(23)13-6-4-3-5-7-13/h3-4,12-13H,5-11H2,1-2H3,(H,21,22)/t12-,13+/m0/s1. The number of fused-ring (bicyclic) bond motifs is 1. The Bertz CT molecular complexity index is 767. The van der Waals surface area contributed by atoms with Crippen LogP contribution in [0.3, 0.4) is 0 Å². The highest BCUT2D eigenvalue weighted by molar-refractivity contribution is 7.17. The smallest absolute Gasteiger partial charge is 0.341 e. The van der Waals surface area contributed by atoms with Crippen LogP contribution in [0.1, 0.15) is 53.4 Å². The molecule has 0 fully saturated rings. The number of carbonyl (C=O) groups excluding carboxylic acids is 3. The van der Waals surface area contributed by atoms with Gasteiger partial charge >= 0.3 is 11.9 Å². The van der Waals surface area contributed by atoms with Gasteiger partial charge in [0.05, 0.1) is 18.6 Å². The van der Waals surface area contributed by atoms with Gasteiger partial charge < -0.3 is 14.8 Å². The fourth-order valence-corrected chi connectivity index (χ4v) is 5.00. The van der Waals surface area contributed by atoms with Gasteiger partial charge in [0.25, 0.3) is 5.91 Å². The van der Waals surface area contributed by atoms with Gasteiger partial charge in [-0.2, -0.15) is 0 Å². The summed E-state index contributed by atoms with van der Waals surface area (Å²) >= 11 is 1.42. The molecule has 6 nitrogen and oxygen atoms in total. The maximum Gasteiger partial charge on any atom is 0.341 e. The molecule has 0 aromatic carbocycles. The third-order valence-corrected chi connectivity index (χ3v) is 6.27. The average molecular weight is 391 g/mol. The Morgan fingerprint density at radius 3 is 2.78 bits per heavy atom. The second kappa shape index (κ2) is 8.69. The molecule has 0 aliphatic heterocycles. The summed E-state index contributed by atoms with van der Waals surface area (Å²) in [4.78, 5) is 37.7. The number of ether oxygens (including phenoxy) is 2. The third-order valence-electron chi connectivity index (χ3n) is 5.10. The first-order valence-electron chi connectivity index (χ1n) is 9.34. The van der Waals surface area contributed by atoms with Gasteiger partial charge in [0, 0.05) is 4.88 Å². The van der Waals surface area contributed by atoms with E-state index in [0.29, 0.717) is 22.9 Å². The fraction of sp³-hybridized carbons (Fsp3) is 0.550. The molecule has 0 unspecified atom stereocenters. The second-order valence-electron chi connectivity index (χ2n) is 7.18. The van der Waals surface area contributed by atoms with Crippen molar-refractivity contribution in [2.75, 3.05) is 19.0 Å². The van der Waals surface area contributed by atoms with Gasteiger partial charge in [-0.25, -0.2) is 4.79 Å². The second-order valence-corrected chi connectivity index (χ2v) is 8.29. The fourth-order valence-electron chi connectivity index (χ4n) is 3.58. The number of methoxy groups -OCH3 is 1. The van der Waals surface area contributed by atoms with E-state index in [1.807, 2.05) is 12.2 Å². The number of carbonyl (C=O) groups is 3. The number of amides is 1. The molecule has 1 heterocycles. The number of allylic oxidation sites excluding steroid dienone is 2. The summed E-state index contributed by atoms with van der Waals surface area (Å²) in [7, 11) is 1.34. The lowest BCUT2D eigenvalue weighted by Crippen LogP contribution is -2.25. The summed E-state index contributed by atoms with van der Waals surface area (Å²) in [6.45, 7) is 1.83. The van der Waals surface area contributed by atoms with Gasteiger partial charge in [0.1, 0.15) is 5.00 Å². The highest BCUT2D eigenvalue weighted by Gasteiger charge is 2.29. The quantitative estimate of drug-likeness (QED) is 0.614. The monoisotopic (exact) mass is 391 g/mol. The van der Waals surface area contributed by atoms with E-state index < -0.39 is 11.9 Å². The summed E-state index contributed by atoms with van der Waals surface area (Å²) in [6.07, 6.45) is 8.98. The van der Waals surface area contributed by atoms with Crippen LogP contribution in [0, 0.1) is 11.8 Å². The predicted molar refractivity (Wildman–Crippen MR) is 103 cm³/mol. The van der Waals surface area contributed by atoms with E-state index in [-0.39, 0.29) is 18.5 Å². The van der Waals surface area contributed by atoms with E-state index >= 15 is 0 Å². The van der Waals surface area contributed by atoms with Crippen LogP contribution in [-0.4, -0.2) is 31.6 Å². The SMILES string of the molecule is COC(=O)c1c(NC(=O)COC(=O)[C@@H]2CC=CCC2)sc2c1CC[C@H](C)C2. The lowest BCUT2D eigenvalue weighted by Gasteiger charge is -2.18. The minimum absolute atomic E-state index is 0.177. The lowest BCUT2D eigenvalue weighted by atomic mass is 9.88. The normalized spacial score (nSPS) is 21.3. The van der Waals surface area contributed by atoms with Crippen molar-refractivity contribution in [1.29, 1.82) is 0 Å². The minimum Gasteiger partial charge on any atom is -0.465 e. The van der Waals surface area contributed by atoms with Crippen molar-refractivity contribution in [3.8, 4) is 0 Å². The molecule has 0 saturated carbocycles. The van der Waals surface area contributed by atoms with Gasteiger partial charge in [-0.1, -0.05) is 19.1 Å². The van der Waals surface area contributed by atoms with Crippen molar-refractivity contribution < 1.29 is 23.9 Å². The number of rotatable bonds is 5. The number of hydrogen-bond acceptors (Lipinski definition) is 6. The molecule has 2 aliphatic rings. The Morgan fingerprint density at radius 1 is 1.26 bits per heavy atom. The van der Waals surface area contributed by atoms with E-state index in [2.05, 4.69) is 12.2 Å². The summed E-state index contributed by atoms with van der Waals surface area (Å²) in [5.74, 6) is -0.850. The average Bonchev–Trinajstić information content (AvgIpc) is 3.02. The van der Waals surface area contributed by atoms with E-state index in [1.165, 1.54) is 18.4 Å². The number of anilines is 1. The van der Waals surface area contributed by atoms with Crippen LogP contribution in [-0.2, 0) is 31.9 Å². The van der Waals surface area contributed by atoms with Gasteiger partial charge in [0.15, 0.2) is 6.61 Å². The van der Waals surface area contributed by atoms with Crippen LogP contribution in [0.25, 0.3) is 0 Å². The molecular weight excluding hydrogens is 366 g/mol. The zero-order valence-electron chi connectivity index (χ0n) is 15.7. The maximum atomic E-state index is 12.3. The van der Waals surface area contributed by atoms with Gasteiger partial charge in [-0.3, -0.25) is 9.59 Å². The van der Waals surface area contributed by atoms with Crippen molar-refractivity contribution in [1.82, 2.24) is 0 Å². The van der Waals surface area contributed by atoms with E-state index in [4.69, 9.17) is 9.47 Å². The Balaban J connectivity index is 1.65. The number of nitrogens with one attached hydrogen (secondary N) is 1. The maximum absolute atomic E-state index is 12.3. The van der Waals surface area contributed by atoms with E-state index in [1.54, 1.807) is 0 Å². The van der Waals surface area contributed by atoms with E-state index in [9.17, 15) is 14.4 Å². The first kappa shape index (κ1) is 19.6. The van der Waals surface area contributed by atoms with Crippen LogP contribution in [0.5, 0.6) is 0 Å². The molecule has 0 radical (unpaired) electrons. The van der Waals surface area contributed by atoms with Crippen molar-refractivity contribution in [3.63, 3.8) is 0 Å². The molecule has 0 saturated heterocycles. The molecule has 1 amide bonds. The summed E-state index contributed by atoms with van der Waals surface area (Å²) in [5.41, 5.74) is 1.42. The van der Waals surface area contributed by atoms with Crippen LogP contribution in [0.15, 0.2) is 12.2 Å². The molecule has 1 aromatic rings. The van der Waals surface area contributed by atoms with Crippen LogP contribution >= 0.6 is 11.3 Å². The Morgan fingerprint density at radius 2 is 2.07 bits per heavy atom. The van der Waals surface area contributed by atoms with Gasteiger partial charge in [0.2, 0.25) is 0 Å². The highest BCUT2D eigenvalue weighted by Crippen LogP contribution is 2.40. The molecule has 27 heavy (non-hydrogen) atoms. The molecule has 2 atom stereocenters. The Kier molecular flexibility index (Phi) is 6.31. The highest BCUT2D eigenvalue weighted by atomic mass is 32.1. The number of esters is 2. The third kappa shape index (κ3) is 4.58. The number of thiophene rings is 1. The minimum atomic E-state index is -0.441. The van der Waals surface area contributed by atoms with Gasteiger partial charge in [-0.15, -0.1) is 11.3 Å². The van der Waals surface area contributed by atoms with Crippen molar-refractivity contribution in [2.24, 2.45) is 11.8 Å². The summed E-state index contributed by atoms with van der Waals surface area (Å²) in [5, 5.41) is 3.23. The molecule has 0 bridgehead atoms. The molecule has 0 spiro atoms. The van der Waals surface area contributed by atoms with Crippen molar-refractivity contribution in [3.05, 3.63) is 28.2 Å². The van der Waals surface area contributed by atoms with Crippen molar-refractivity contribution >= 4 is 34.2 Å². The summed E-state index contributed by atoms with van der Waals surface area (Å²) < 4.78 is 10.1. The van der Waals surface area contributed by atoms with Crippen LogP contribution < -0.4 is 5.32 Å². The molecule has 2 aliphatic carbocycles. The first-order chi connectivity index (χ1) is 13.0. The molecule has 146 valence electrons. The lowest BCUT2D eigenvalue weighted by molar-refractivity contribution is -0.151. The molecule has 3 rings (SSSR count). The molecule has 1 aromatic heterocycles. The first-order valence-corrected chi connectivity index (χ1v) is 10.2. The number of hydrogen-bond donors (Lipinski definition) is 1. The zero-order chi connectivity index (χ0) is 19.4. The Hall–Kier alpha value is -2.15. The van der Waals surface area contributed by atoms with Crippen LogP contribution in [0.2, 0.25) is 0 Å². The van der Waals surface area contributed by atoms with Gasteiger partial charge in [-0.05, 0) is 50.0 Å². The topological polar surface area (TPSA) is 81.7 Å². The summed E-state index contributed by atoms with van der Waals surface area (Å²) in [6, 6.07) is 0. The largest absolute Gasteiger partial charge is 0.465 e. The van der Waals surface area contributed by atoms with E-state index in [0.717, 1.165) is 42.5 Å².